The molecule has 1 aromatic heterocycles. The smallest absolute Gasteiger partial charge is 0.150 e. The van der Waals surface area contributed by atoms with E-state index in [4.69, 9.17) is 16.3 Å². The maximum absolute atomic E-state index is 6.75. The van der Waals surface area contributed by atoms with Gasteiger partial charge in [0.15, 0.2) is 6.23 Å². The summed E-state index contributed by atoms with van der Waals surface area (Å²) in [5.41, 5.74) is 4.27. The zero-order valence-electron chi connectivity index (χ0n) is 16.7. The molecule has 4 nitrogen and oxygen atoms in total. The van der Waals surface area contributed by atoms with Gasteiger partial charge in [-0.05, 0) is 42.5 Å². The molecule has 1 saturated heterocycles. The lowest BCUT2D eigenvalue weighted by Gasteiger charge is -2.24. The number of nitrogens with zero attached hydrogens (tertiary/aromatic N) is 2. The van der Waals surface area contributed by atoms with Crippen LogP contribution < -0.4 is 5.32 Å². The van der Waals surface area contributed by atoms with Gasteiger partial charge >= 0.3 is 0 Å². The number of ether oxygens (including phenoxy) is 1. The van der Waals surface area contributed by atoms with Gasteiger partial charge in [-0.3, -0.25) is 0 Å². The molecule has 0 radical (unpaired) electrons. The molecular formula is C25H24ClN3O. The maximum atomic E-state index is 6.75. The van der Waals surface area contributed by atoms with Crippen molar-refractivity contribution in [3.05, 3.63) is 95.1 Å². The van der Waals surface area contributed by atoms with E-state index in [1.54, 1.807) is 0 Å². The van der Waals surface area contributed by atoms with Crippen LogP contribution in [-0.4, -0.2) is 16.4 Å². The Morgan fingerprint density at radius 1 is 0.967 bits per heavy atom. The minimum absolute atomic E-state index is 0.000859. The standard InChI is InChI=1S/C25H24ClN3O/c26-21-16-23-20(17-27-29(23)24-13-7-8-14-30-24)15-22(21)28-25(18-9-3-1-4-10-18)19-11-5-2-6-12-19/h1-6,9-12,15-17,24-25,28H,7-8,13-14H2. The predicted molar refractivity (Wildman–Crippen MR) is 122 cm³/mol. The SMILES string of the molecule is Clc1cc2c(cnn2C2CCCCO2)cc1NC(c1ccccc1)c1ccccc1. The van der Waals surface area contributed by atoms with Gasteiger partial charge in [0.25, 0.3) is 0 Å². The van der Waals surface area contributed by atoms with E-state index < -0.39 is 0 Å². The maximum Gasteiger partial charge on any atom is 0.150 e. The molecule has 0 saturated carbocycles. The van der Waals surface area contributed by atoms with E-state index in [0.29, 0.717) is 5.02 Å². The third-order valence-corrected chi connectivity index (χ3v) is 5.99. The Morgan fingerprint density at radius 2 is 1.67 bits per heavy atom. The van der Waals surface area contributed by atoms with Gasteiger partial charge in [-0.15, -0.1) is 0 Å². The molecule has 152 valence electrons. The topological polar surface area (TPSA) is 39.1 Å². The molecule has 1 aliphatic heterocycles. The van der Waals surface area contributed by atoms with Crippen LogP contribution in [0.4, 0.5) is 5.69 Å². The molecule has 3 aromatic carbocycles. The molecule has 0 bridgehead atoms. The minimum Gasteiger partial charge on any atom is -0.373 e. The predicted octanol–water partition coefficient (Wildman–Crippen LogP) is 6.59. The Bertz CT molecular complexity index is 1080. The second-order valence-electron chi connectivity index (χ2n) is 7.70. The quantitative estimate of drug-likeness (QED) is 0.398. The van der Waals surface area contributed by atoms with Crippen molar-refractivity contribution in [3.63, 3.8) is 0 Å². The summed E-state index contributed by atoms with van der Waals surface area (Å²) in [4.78, 5) is 0. The largest absolute Gasteiger partial charge is 0.373 e. The summed E-state index contributed by atoms with van der Waals surface area (Å²) in [6, 6.07) is 24.9. The van der Waals surface area contributed by atoms with Crippen LogP contribution in [0.25, 0.3) is 10.9 Å². The molecule has 4 aromatic rings. The Hall–Kier alpha value is -2.82. The number of halogens is 1. The zero-order valence-corrected chi connectivity index (χ0v) is 17.4. The van der Waals surface area contributed by atoms with Gasteiger partial charge in [0.05, 0.1) is 28.5 Å². The van der Waals surface area contributed by atoms with Crippen molar-refractivity contribution in [1.29, 1.82) is 0 Å². The van der Waals surface area contributed by atoms with E-state index >= 15 is 0 Å². The molecule has 30 heavy (non-hydrogen) atoms. The zero-order chi connectivity index (χ0) is 20.3. The lowest BCUT2D eigenvalue weighted by atomic mass is 9.98. The molecule has 1 N–H and O–H groups in total. The molecule has 1 unspecified atom stereocenters. The lowest BCUT2D eigenvalue weighted by Crippen LogP contribution is -2.19. The van der Waals surface area contributed by atoms with Gasteiger partial charge in [-0.2, -0.15) is 5.10 Å². The van der Waals surface area contributed by atoms with Crippen LogP contribution in [0.2, 0.25) is 5.02 Å². The highest BCUT2D eigenvalue weighted by Crippen LogP contribution is 2.35. The number of anilines is 1. The summed E-state index contributed by atoms with van der Waals surface area (Å²) in [6.45, 7) is 0.787. The number of nitrogens with one attached hydrogen (secondary N) is 1. The van der Waals surface area contributed by atoms with Gasteiger partial charge in [0.2, 0.25) is 0 Å². The Labute approximate surface area is 181 Å². The molecule has 1 atom stereocenters. The summed E-state index contributed by atoms with van der Waals surface area (Å²) in [5, 5.41) is 9.99. The number of rotatable bonds is 5. The molecule has 5 heteroatoms. The number of aromatic nitrogens is 2. The fourth-order valence-corrected chi connectivity index (χ4v) is 4.34. The third kappa shape index (κ3) is 3.81. The van der Waals surface area contributed by atoms with E-state index in [1.807, 2.05) is 29.1 Å². The third-order valence-electron chi connectivity index (χ3n) is 5.68. The second kappa shape index (κ2) is 8.50. The molecular weight excluding hydrogens is 394 g/mol. The number of hydrogen-bond acceptors (Lipinski definition) is 3. The average molecular weight is 418 g/mol. The first-order chi connectivity index (χ1) is 14.8. The van der Waals surface area contributed by atoms with Gasteiger partial charge in [-0.25, -0.2) is 4.68 Å². The van der Waals surface area contributed by atoms with E-state index in [1.165, 1.54) is 11.1 Å². The fourth-order valence-electron chi connectivity index (χ4n) is 4.13. The summed E-state index contributed by atoms with van der Waals surface area (Å²) < 4.78 is 7.89. The van der Waals surface area contributed by atoms with Gasteiger partial charge in [0.1, 0.15) is 0 Å². The highest BCUT2D eigenvalue weighted by atomic mass is 35.5. The Balaban J connectivity index is 1.51. The van der Waals surface area contributed by atoms with Crippen LogP contribution in [-0.2, 0) is 4.74 Å². The van der Waals surface area contributed by atoms with Crippen molar-refractivity contribution in [1.82, 2.24) is 9.78 Å². The monoisotopic (exact) mass is 417 g/mol. The van der Waals surface area contributed by atoms with Crippen molar-refractivity contribution in [2.45, 2.75) is 31.5 Å². The van der Waals surface area contributed by atoms with Crippen LogP contribution in [0, 0.1) is 0 Å². The highest BCUT2D eigenvalue weighted by molar-refractivity contribution is 6.34. The van der Waals surface area contributed by atoms with Crippen molar-refractivity contribution >= 4 is 28.2 Å². The van der Waals surface area contributed by atoms with E-state index in [-0.39, 0.29) is 12.3 Å². The molecule has 0 aliphatic carbocycles. The van der Waals surface area contributed by atoms with Crippen molar-refractivity contribution in [2.75, 3.05) is 11.9 Å². The first-order valence-electron chi connectivity index (χ1n) is 10.4. The van der Waals surface area contributed by atoms with Crippen LogP contribution in [0.1, 0.15) is 42.7 Å². The van der Waals surface area contributed by atoms with Crippen molar-refractivity contribution in [3.8, 4) is 0 Å². The average Bonchev–Trinajstić information content (AvgIpc) is 3.21. The lowest BCUT2D eigenvalue weighted by molar-refractivity contribution is -0.0366. The molecule has 0 spiro atoms. The first-order valence-corrected chi connectivity index (χ1v) is 10.8. The summed E-state index contributed by atoms with van der Waals surface area (Å²) in [6.07, 6.45) is 5.15. The normalized spacial score (nSPS) is 16.8. The molecule has 0 amide bonds. The minimum atomic E-state index is -0.00693. The van der Waals surface area contributed by atoms with Gasteiger partial charge < -0.3 is 10.1 Å². The summed E-state index contributed by atoms with van der Waals surface area (Å²) in [7, 11) is 0. The summed E-state index contributed by atoms with van der Waals surface area (Å²) >= 11 is 6.75. The highest BCUT2D eigenvalue weighted by Gasteiger charge is 2.20. The van der Waals surface area contributed by atoms with E-state index in [0.717, 1.165) is 42.5 Å². The van der Waals surface area contributed by atoms with E-state index in [2.05, 4.69) is 65.0 Å². The van der Waals surface area contributed by atoms with Crippen molar-refractivity contribution in [2.24, 2.45) is 0 Å². The fraction of sp³-hybridized carbons (Fsp3) is 0.240. The molecule has 1 aliphatic rings. The second-order valence-corrected chi connectivity index (χ2v) is 8.11. The van der Waals surface area contributed by atoms with Crippen LogP contribution in [0.15, 0.2) is 79.0 Å². The number of benzene rings is 3. The van der Waals surface area contributed by atoms with Gasteiger partial charge in [0, 0.05) is 12.0 Å². The van der Waals surface area contributed by atoms with Crippen LogP contribution in [0.3, 0.4) is 0 Å². The van der Waals surface area contributed by atoms with Gasteiger partial charge in [-0.1, -0.05) is 72.3 Å². The number of hydrogen-bond donors (Lipinski definition) is 1. The van der Waals surface area contributed by atoms with E-state index in [9.17, 15) is 0 Å². The molecule has 2 heterocycles. The molecule has 5 rings (SSSR count). The number of fused-ring (bicyclic) bond motifs is 1. The Morgan fingerprint density at radius 3 is 2.30 bits per heavy atom. The summed E-state index contributed by atoms with van der Waals surface area (Å²) in [5.74, 6) is 0. The van der Waals surface area contributed by atoms with Crippen LogP contribution in [0.5, 0.6) is 0 Å². The van der Waals surface area contributed by atoms with Crippen LogP contribution >= 0.6 is 11.6 Å². The van der Waals surface area contributed by atoms with Crippen molar-refractivity contribution < 1.29 is 4.74 Å². The first kappa shape index (κ1) is 19.2. The molecule has 1 fully saturated rings. The Kier molecular flexibility index (Phi) is 5.43.